The number of rotatable bonds is 10. The van der Waals surface area contributed by atoms with Gasteiger partial charge in [0.15, 0.2) is 0 Å². The van der Waals surface area contributed by atoms with Gasteiger partial charge in [-0.25, -0.2) is 8.42 Å². The van der Waals surface area contributed by atoms with Crippen molar-refractivity contribution < 1.29 is 22.7 Å². The predicted molar refractivity (Wildman–Crippen MR) is 112 cm³/mol. The third kappa shape index (κ3) is 6.71. The highest BCUT2D eigenvalue weighted by Crippen LogP contribution is 2.27. The summed E-state index contributed by atoms with van der Waals surface area (Å²) in [6, 6.07) is 12.0. The average Bonchev–Trinajstić information content (AvgIpc) is 2.68. The minimum atomic E-state index is -4.00. The number of ether oxygens (including phenoxy) is 2. The van der Waals surface area contributed by atoms with Crippen LogP contribution >= 0.6 is 11.6 Å². The summed E-state index contributed by atoms with van der Waals surface area (Å²) in [5, 5.41) is 2.93. The van der Waals surface area contributed by atoms with E-state index < -0.39 is 22.0 Å². The van der Waals surface area contributed by atoms with Crippen LogP contribution in [0.25, 0.3) is 0 Å². The standard InChI is InChI=1S/C20H25ClN2O5S/c1-14(13-27-2)22-20(24)18(11-15-7-5-4-6-8-15)23-29(25,26)16-9-10-19(28-3)17(21)12-16/h4-10,12,14,18,23H,11,13H2,1-3H3,(H,22,24)/t14-,18+/m0/s1. The highest BCUT2D eigenvalue weighted by molar-refractivity contribution is 7.89. The summed E-state index contributed by atoms with van der Waals surface area (Å²) in [6.45, 7) is 2.09. The van der Waals surface area contributed by atoms with Gasteiger partial charge in [-0.05, 0) is 37.1 Å². The predicted octanol–water partition coefficient (Wildman–Crippen LogP) is 2.39. The summed E-state index contributed by atoms with van der Waals surface area (Å²) in [5.74, 6) is -0.0841. The van der Waals surface area contributed by atoms with Gasteiger partial charge in [-0.15, -0.1) is 0 Å². The molecule has 9 heteroatoms. The van der Waals surface area contributed by atoms with Crippen LogP contribution in [0.5, 0.6) is 5.75 Å². The Balaban J connectivity index is 2.27. The molecule has 7 nitrogen and oxygen atoms in total. The van der Waals surface area contributed by atoms with Crippen molar-refractivity contribution in [3.63, 3.8) is 0 Å². The van der Waals surface area contributed by atoms with Gasteiger partial charge in [-0.2, -0.15) is 4.72 Å². The molecule has 2 aromatic rings. The molecule has 0 bridgehead atoms. The molecule has 0 saturated heterocycles. The lowest BCUT2D eigenvalue weighted by molar-refractivity contribution is -0.123. The third-order valence-corrected chi connectivity index (χ3v) is 5.90. The number of amides is 1. The number of sulfonamides is 1. The van der Waals surface area contributed by atoms with Crippen molar-refractivity contribution in [3.8, 4) is 5.75 Å². The van der Waals surface area contributed by atoms with Crippen LogP contribution in [0.1, 0.15) is 12.5 Å². The van der Waals surface area contributed by atoms with E-state index >= 15 is 0 Å². The van der Waals surface area contributed by atoms with E-state index in [-0.39, 0.29) is 22.4 Å². The first-order chi connectivity index (χ1) is 13.8. The molecule has 0 saturated carbocycles. The molecule has 0 unspecified atom stereocenters. The first-order valence-electron chi connectivity index (χ1n) is 8.96. The van der Waals surface area contributed by atoms with E-state index in [4.69, 9.17) is 21.1 Å². The van der Waals surface area contributed by atoms with Crippen molar-refractivity contribution in [1.82, 2.24) is 10.0 Å². The second kappa shape index (κ2) is 10.6. The van der Waals surface area contributed by atoms with Crippen molar-refractivity contribution in [1.29, 1.82) is 0 Å². The van der Waals surface area contributed by atoms with Crippen LogP contribution in [0.2, 0.25) is 5.02 Å². The van der Waals surface area contributed by atoms with Gasteiger partial charge >= 0.3 is 0 Å². The maximum absolute atomic E-state index is 12.9. The van der Waals surface area contributed by atoms with Crippen molar-refractivity contribution in [2.24, 2.45) is 0 Å². The number of nitrogens with one attached hydrogen (secondary N) is 2. The molecule has 2 N–H and O–H groups in total. The van der Waals surface area contributed by atoms with Crippen LogP contribution in [-0.2, 0) is 26.0 Å². The summed E-state index contributed by atoms with van der Waals surface area (Å²) in [6.07, 6.45) is 0.190. The Hall–Kier alpha value is -2.13. The molecule has 0 aromatic heterocycles. The molecule has 0 fully saturated rings. The maximum Gasteiger partial charge on any atom is 0.241 e. The molecule has 2 aromatic carbocycles. The molecule has 0 aliphatic heterocycles. The minimum Gasteiger partial charge on any atom is -0.495 e. The summed E-state index contributed by atoms with van der Waals surface area (Å²) in [4.78, 5) is 12.7. The van der Waals surface area contributed by atoms with Crippen molar-refractivity contribution in [2.75, 3.05) is 20.8 Å². The van der Waals surface area contributed by atoms with E-state index in [0.29, 0.717) is 12.4 Å². The highest BCUT2D eigenvalue weighted by atomic mass is 35.5. The van der Waals surface area contributed by atoms with E-state index in [1.165, 1.54) is 32.4 Å². The second-order valence-corrected chi connectivity index (χ2v) is 8.65. The second-order valence-electron chi connectivity index (χ2n) is 6.52. The van der Waals surface area contributed by atoms with E-state index in [1.807, 2.05) is 30.3 Å². The lowest BCUT2D eigenvalue weighted by Crippen LogP contribution is -2.50. The quantitative estimate of drug-likeness (QED) is 0.591. The number of hydrogen-bond acceptors (Lipinski definition) is 5. The van der Waals surface area contributed by atoms with Gasteiger partial charge < -0.3 is 14.8 Å². The summed E-state index contributed by atoms with van der Waals surface area (Å²) >= 11 is 6.06. The van der Waals surface area contributed by atoms with Crippen molar-refractivity contribution in [2.45, 2.75) is 30.3 Å². The van der Waals surface area contributed by atoms with Crippen molar-refractivity contribution in [3.05, 3.63) is 59.1 Å². The van der Waals surface area contributed by atoms with Gasteiger partial charge in [0.05, 0.1) is 23.6 Å². The van der Waals surface area contributed by atoms with Crippen molar-refractivity contribution >= 4 is 27.5 Å². The lowest BCUT2D eigenvalue weighted by atomic mass is 10.1. The van der Waals surface area contributed by atoms with Gasteiger partial charge in [0, 0.05) is 13.2 Å². The monoisotopic (exact) mass is 440 g/mol. The first-order valence-corrected chi connectivity index (χ1v) is 10.8. The molecule has 0 aliphatic rings. The normalized spacial score (nSPS) is 13.5. The molecule has 2 atom stereocenters. The number of methoxy groups -OCH3 is 2. The fraction of sp³-hybridized carbons (Fsp3) is 0.350. The number of halogens is 1. The Morgan fingerprint density at radius 1 is 1.14 bits per heavy atom. The van der Waals surface area contributed by atoms with E-state index in [9.17, 15) is 13.2 Å². The Morgan fingerprint density at radius 3 is 2.41 bits per heavy atom. The zero-order chi connectivity index (χ0) is 21.4. The minimum absolute atomic E-state index is 0.0564. The van der Waals surface area contributed by atoms with Gasteiger partial charge in [0.1, 0.15) is 11.8 Å². The number of benzene rings is 2. The molecule has 0 heterocycles. The molecule has 0 spiro atoms. The van der Waals surface area contributed by atoms with Crippen LogP contribution < -0.4 is 14.8 Å². The fourth-order valence-corrected chi connectivity index (χ4v) is 4.29. The fourth-order valence-electron chi connectivity index (χ4n) is 2.74. The lowest BCUT2D eigenvalue weighted by Gasteiger charge is -2.21. The number of carbonyl (C=O) groups excluding carboxylic acids is 1. The van der Waals surface area contributed by atoms with E-state index in [1.54, 1.807) is 6.92 Å². The van der Waals surface area contributed by atoms with Crippen LogP contribution in [0.4, 0.5) is 0 Å². The summed E-state index contributed by atoms with van der Waals surface area (Å²) in [5.41, 5.74) is 0.822. The average molecular weight is 441 g/mol. The van der Waals surface area contributed by atoms with Crippen LogP contribution in [0.15, 0.2) is 53.4 Å². The summed E-state index contributed by atoms with van der Waals surface area (Å²) in [7, 11) is -1.03. The van der Waals surface area contributed by atoms with E-state index in [2.05, 4.69) is 10.0 Å². The summed E-state index contributed by atoms with van der Waals surface area (Å²) < 4.78 is 38.3. The molecule has 1 amide bonds. The number of carbonyl (C=O) groups is 1. The molecular formula is C20H25ClN2O5S. The van der Waals surface area contributed by atoms with Gasteiger partial charge in [0.25, 0.3) is 0 Å². The molecular weight excluding hydrogens is 416 g/mol. The topological polar surface area (TPSA) is 93.7 Å². The highest BCUT2D eigenvalue weighted by Gasteiger charge is 2.27. The molecule has 29 heavy (non-hydrogen) atoms. The Morgan fingerprint density at radius 2 is 1.83 bits per heavy atom. The molecule has 2 rings (SSSR count). The van der Waals surface area contributed by atoms with Gasteiger partial charge in [-0.3, -0.25) is 4.79 Å². The Bertz CT molecular complexity index is 922. The number of hydrogen-bond donors (Lipinski definition) is 2. The zero-order valence-electron chi connectivity index (χ0n) is 16.5. The van der Waals surface area contributed by atoms with Crippen LogP contribution in [0, 0.1) is 0 Å². The SMILES string of the molecule is COC[C@H](C)NC(=O)[C@@H](Cc1ccccc1)NS(=O)(=O)c1ccc(OC)c(Cl)c1. The van der Waals surface area contributed by atoms with Gasteiger partial charge in [0.2, 0.25) is 15.9 Å². The Labute approximate surface area is 176 Å². The molecule has 158 valence electrons. The molecule has 0 radical (unpaired) electrons. The smallest absolute Gasteiger partial charge is 0.241 e. The first kappa shape index (κ1) is 23.2. The van der Waals surface area contributed by atoms with Crippen LogP contribution in [0.3, 0.4) is 0 Å². The van der Waals surface area contributed by atoms with Crippen LogP contribution in [-0.4, -0.2) is 47.2 Å². The maximum atomic E-state index is 12.9. The molecule has 0 aliphatic carbocycles. The Kier molecular flexibility index (Phi) is 8.45. The third-order valence-electron chi connectivity index (χ3n) is 4.14. The largest absolute Gasteiger partial charge is 0.495 e. The van der Waals surface area contributed by atoms with E-state index in [0.717, 1.165) is 5.56 Å². The zero-order valence-corrected chi connectivity index (χ0v) is 18.1. The van der Waals surface area contributed by atoms with Gasteiger partial charge in [-0.1, -0.05) is 41.9 Å².